The molecule has 0 radical (unpaired) electrons. The lowest BCUT2D eigenvalue weighted by atomic mass is 10.1. The molecule has 0 saturated carbocycles. The number of rotatable bonds is 6. The highest BCUT2D eigenvalue weighted by atomic mass is 16.3. The number of phenols is 1. The first-order valence-electron chi connectivity index (χ1n) is 10.6. The summed E-state index contributed by atoms with van der Waals surface area (Å²) in [6, 6.07) is 31.5. The maximum absolute atomic E-state index is 12.4. The molecule has 0 unspecified atom stereocenters. The topological polar surface area (TPSA) is 40.5 Å². The number of anilines is 3. The minimum absolute atomic E-state index is 0.00987. The molecule has 0 heterocycles. The lowest BCUT2D eigenvalue weighted by Gasteiger charge is -2.25. The van der Waals surface area contributed by atoms with Crippen molar-refractivity contribution in [2.75, 3.05) is 4.90 Å². The first-order valence-corrected chi connectivity index (χ1v) is 10.6. The quantitative estimate of drug-likeness (QED) is 0.262. The van der Waals surface area contributed by atoms with Crippen molar-refractivity contribution in [3.63, 3.8) is 0 Å². The predicted molar refractivity (Wildman–Crippen MR) is 132 cm³/mol. The summed E-state index contributed by atoms with van der Waals surface area (Å²) >= 11 is 0. The van der Waals surface area contributed by atoms with Crippen molar-refractivity contribution < 1.29 is 9.90 Å². The highest BCUT2D eigenvalue weighted by molar-refractivity contribution is 6.08. The third-order valence-electron chi connectivity index (χ3n) is 5.33. The number of carbonyl (C=O) groups excluding carboxylic acids is 1. The van der Waals surface area contributed by atoms with Crippen LogP contribution in [0.3, 0.4) is 0 Å². The lowest BCUT2D eigenvalue weighted by Crippen LogP contribution is -2.09. The van der Waals surface area contributed by atoms with E-state index in [-0.39, 0.29) is 11.5 Å². The number of carbonyl (C=O) groups is 1. The van der Waals surface area contributed by atoms with E-state index < -0.39 is 0 Å². The van der Waals surface area contributed by atoms with Gasteiger partial charge in [-0.2, -0.15) is 0 Å². The van der Waals surface area contributed by atoms with Crippen LogP contribution in [0.1, 0.15) is 27.0 Å². The largest absolute Gasteiger partial charge is 0.507 e. The number of hydrogen-bond acceptors (Lipinski definition) is 3. The third-order valence-corrected chi connectivity index (χ3v) is 5.33. The van der Waals surface area contributed by atoms with Crippen LogP contribution in [0.5, 0.6) is 5.75 Å². The highest BCUT2D eigenvalue weighted by Crippen LogP contribution is 2.34. The maximum Gasteiger partial charge on any atom is 0.189 e. The van der Waals surface area contributed by atoms with E-state index in [2.05, 4.69) is 67.3 Å². The number of hydrogen-bond donors (Lipinski definition) is 1. The van der Waals surface area contributed by atoms with Gasteiger partial charge in [-0.1, -0.05) is 65.7 Å². The molecule has 0 bridgehead atoms. The Balaban J connectivity index is 1.62. The number of aromatic hydroxyl groups is 1. The minimum atomic E-state index is -0.229. The number of benzene rings is 4. The van der Waals surface area contributed by atoms with Crippen molar-refractivity contribution in [3.05, 3.63) is 125 Å². The molecule has 4 rings (SSSR count). The van der Waals surface area contributed by atoms with Gasteiger partial charge in [-0.15, -0.1) is 0 Å². The van der Waals surface area contributed by atoms with Crippen molar-refractivity contribution in [2.24, 2.45) is 0 Å². The predicted octanol–water partition coefficient (Wildman–Crippen LogP) is 7.37. The standard InChI is InChI=1S/C29H25NO2/c1-21-7-14-24(15-8-21)30(25-16-9-22(2)10-17-25)26-18-11-23(12-19-26)13-20-29(32)27-5-3-4-6-28(27)31/h3-20,31H,1-2H3/b20-13+. The van der Waals surface area contributed by atoms with E-state index in [0.29, 0.717) is 5.56 Å². The highest BCUT2D eigenvalue weighted by Gasteiger charge is 2.12. The smallest absolute Gasteiger partial charge is 0.189 e. The number of nitrogens with zero attached hydrogens (tertiary/aromatic N) is 1. The summed E-state index contributed by atoms with van der Waals surface area (Å²) < 4.78 is 0. The molecule has 0 atom stereocenters. The van der Waals surface area contributed by atoms with Gasteiger partial charge in [0.15, 0.2) is 5.78 Å². The molecule has 1 N–H and O–H groups in total. The zero-order chi connectivity index (χ0) is 22.5. The lowest BCUT2D eigenvalue weighted by molar-refractivity contribution is 0.104. The summed E-state index contributed by atoms with van der Waals surface area (Å²) in [7, 11) is 0. The van der Waals surface area contributed by atoms with E-state index in [1.165, 1.54) is 23.3 Å². The van der Waals surface area contributed by atoms with Crippen LogP contribution in [0.15, 0.2) is 103 Å². The number of phenolic OH excluding ortho intramolecular Hbond substituents is 1. The Labute approximate surface area is 188 Å². The molecule has 0 fully saturated rings. The first kappa shape index (κ1) is 21.1. The summed E-state index contributed by atoms with van der Waals surface area (Å²) in [6.07, 6.45) is 3.25. The van der Waals surface area contributed by atoms with E-state index in [1.54, 1.807) is 24.3 Å². The van der Waals surface area contributed by atoms with Gasteiger partial charge in [0.1, 0.15) is 5.75 Å². The van der Waals surface area contributed by atoms with Gasteiger partial charge in [-0.25, -0.2) is 0 Å². The Morgan fingerprint density at radius 3 is 1.66 bits per heavy atom. The molecule has 0 aromatic heterocycles. The number of aryl methyl sites for hydroxylation is 2. The fraction of sp³-hybridized carbons (Fsp3) is 0.0690. The van der Waals surface area contributed by atoms with Crippen LogP contribution in [0.4, 0.5) is 17.1 Å². The van der Waals surface area contributed by atoms with Gasteiger partial charge < -0.3 is 10.0 Å². The molecular weight excluding hydrogens is 394 g/mol. The molecule has 32 heavy (non-hydrogen) atoms. The maximum atomic E-state index is 12.4. The Kier molecular flexibility index (Phi) is 6.18. The molecule has 0 spiro atoms. The molecule has 3 heteroatoms. The van der Waals surface area contributed by atoms with Gasteiger partial charge in [0.05, 0.1) is 5.56 Å². The van der Waals surface area contributed by atoms with Gasteiger partial charge in [-0.3, -0.25) is 4.79 Å². The van der Waals surface area contributed by atoms with Crippen molar-refractivity contribution >= 4 is 28.9 Å². The molecule has 0 aliphatic rings. The molecule has 4 aromatic carbocycles. The summed E-state index contributed by atoms with van der Waals surface area (Å²) in [4.78, 5) is 14.6. The second-order valence-corrected chi connectivity index (χ2v) is 7.81. The average molecular weight is 420 g/mol. The van der Waals surface area contributed by atoms with Gasteiger partial charge in [0, 0.05) is 17.1 Å². The summed E-state index contributed by atoms with van der Waals surface area (Å²) in [6.45, 7) is 4.16. The van der Waals surface area contributed by atoms with Gasteiger partial charge >= 0.3 is 0 Å². The fourth-order valence-electron chi connectivity index (χ4n) is 3.51. The molecule has 0 saturated heterocycles. The number of para-hydroxylation sites is 1. The summed E-state index contributed by atoms with van der Waals surface area (Å²) in [5.41, 5.74) is 6.83. The van der Waals surface area contributed by atoms with Crippen LogP contribution < -0.4 is 4.90 Å². The Hall–Kier alpha value is -4.11. The summed E-state index contributed by atoms with van der Waals surface area (Å²) in [5, 5.41) is 9.87. The van der Waals surface area contributed by atoms with Crippen molar-refractivity contribution in [1.29, 1.82) is 0 Å². The van der Waals surface area contributed by atoms with E-state index in [0.717, 1.165) is 22.6 Å². The van der Waals surface area contributed by atoms with Gasteiger partial charge in [-0.05, 0) is 74.0 Å². The zero-order valence-corrected chi connectivity index (χ0v) is 18.2. The minimum Gasteiger partial charge on any atom is -0.507 e. The average Bonchev–Trinajstić information content (AvgIpc) is 2.81. The van der Waals surface area contributed by atoms with Gasteiger partial charge in [0.25, 0.3) is 0 Å². The van der Waals surface area contributed by atoms with Crippen LogP contribution in [0, 0.1) is 13.8 Å². The number of ketones is 1. The molecule has 4 aromatic rings. The monoisotopic (exact) mass is 419 g/mol. The molecule has 0 amide bonds. The van der Waals surface area contributed by atoms with Crippen molar-refractivity contribution in [3.8, 4) is 5.75 Å². The van der Waals surface area contributed by atoms with Crippen LogP contribution in [-0.4, -0.2) is 10.9 Å². The number of allylic oxidation sites excluding steroid dienone is 1. The molecule has 0 aliphatic carbocycles. The Morgan fingerprint density at radius 1 is 0.688 bits per heavy atom. The van der Waals surface area contributed by atoms with Crippen molar-refractivity contribution in [2.45, 2.75) is 13.8 Å². The molecule has 3 nitrogen and oxygen atoms in total. The molecular formula is C29H25NO2. The van der Waals surface area contributed by atoms with E-state index in [1.807, 2.05) is 24.3 Å². The van der Waals surface area contributed by atoms with Gasteiger partial charge in [0.2, 0.25) is 0 Å². The van der Waals surface area contributed by atoms with Crippen LogP contribution in [0.25, 0.3) is 6.08 Å². The SMILES string of the molecule is Cc1ccc(N(c2ccc(C)cc2)c2ccc(/C=C/C(=O)c3ccccc3O)cc2)cc1. The second kappa shape index (κ2) is 9.36. The van der Waals surface area contributed by atoms with E-state index in [9.17, 15) is 9.90 Å². The Bertz CT molecular complexity index is 1190. The van der Waals surface area contributed by atoms with Crippen LogP contribution in [0.2, 0.25) is 0 Å². The van der Waals surface area contributed by atoms with E-state index in [4.69, 9.17) is 0 Å². The molecule has 158 valence electrons. The first-order chi connectivity index (χ1) is 15.5. The van der Waals surface area contributed by atoms with Crippen LogP contribution >= 0.6 is 0 Å². The summed E-state index contributed by atoms with van der Waals surface area (Å²) in [5.74, 6) is -0.238. The van der Waals surface area contributed by atoms with Crippen molar-refractivity contribution in [1.82, 2.24) is 0 Å². The van der Waals surface area contributed by atoms with E-state index >= 15 is 0 Å². The fourth-order valence-corrected chi connectivity index (χ4v) is 3.51. The molecule has 0 aliphatic heterocycles. The third kappa shape index (κ3) is 4.79. The second-order valence-electron chi connectivity index (χ2n) is 7.81. The normalized spacial score (nSPS) is 10.9. The van der Waals surface area contributed by atoms with Crippen LogP contribution in [-0.2, 0) is 0 Å². The zero-order valence-electron chi connectivity index (χ0n) is 18.2. The Morgan fingerprint density at radius 2 is 1.16 bits per heavy atom.